The van der Waals surface area contributed by atoms with Gasteiger partial charge in [-0.3, -0.25) is 4.79 Å². The van der Waals surface area contributed by atoms with Crippen molar-refractivity contribution in [3.05, 3.63) is 35.9 Å². The fourth-order valence-corrected chi connectivity index (χ4v) is 1.33. The summed E-state index contributed by atoms with van der Waals surface area (Å²) >= 11 is 0. The Hall–Kier alpha value is -1.19. The van der Waals surface area contributed by atoms with Crippen LogP contribution >= 0.6 is 0 Å². The highest BCUT2D eigenvalue weighted by Gasteiger charge is 2.23. The maximum absolute atomic E-state index is 11.1. The molecule has 1 aromatic rings. The summed E-state index contributed by atoms with van der Waals surface area (Å²) in [6.45, 7) is 1.04. The Kier molecular flexibility index (Phi) is 3.80. The molecule has 0 amide bonds. The molecule has 0 radical (unpaired) electrons. The fourth-order valence-electron chi connectivity index (χ4n) is 1.33. The molecule has 0 aliphatic heterocycles. The van der Waals surface area contributed by atoms with E-state index in [1.807, 2.05) is 6.07 Å². The van der Waals surface area contributed by atoms with Gasteiger partial charge in [0.2, 0.25) is 0 Å². The molecule has 3 nitrogen and oxygen atoms in total. The largest absolute Gasteiger partial charge is 0.396 e. The van der Waals surface area contributed by atoms with Gasteiger partial charge in [0.15, 0.2) is 0 Å². The molecule has 14 heavy (non-hydrogen) atoms. The Bertz CT molecular complexity index is 295. The van der Waals surface area contributed by atoms with Crippen LogP contribution in [0.4, 0.5) is 0 Å². The van der Waals surface area contributed by atoms with E-state index in [2.05, 4.69) is 0 Å². The van der Waals surface area contributed by atoms with E-state index in [-0.39, 0.29) is 12.4 Å². The van der Waals surface area contributed by atoms with Crippen molar-refractivity contribution in [3.63, 3.8) is 0 Å². The average molecular weight is 194 g/mol. The van der Waals surface area contributed by atoms with Crippen LogP contribution in [0.2, 0.25) is 0 Å². The van der Waals surface area contributed by atoms with E-state index in [4.69, 9.17) is 5.11 Å². The van der Waals surface area contributed by atoms with Crippen LogP contribution in [0.1, 0.15) is 18.6 Å². The Labute approximate surface area is 83.0 Å². The van der Waals surface area contributed by atoms with Crippen LogP contribution in [0.15, 0.2) is 30.3 Å². The molecule has 76 valence electrons. The van der Waals surface area contributed by atoms with Crippen molar-refractivity contribution in [1.29, 1.82) is 0 Å². The first-order chi connectivity index (χ1) is 6.66. The van der Waals surface area contributed by atoms with E-state index in [1.165, 1.54) is 6.92 Å². The first-order valence-electron chi connectivity index (χ1n) is 4.51. The van der Waals surface area contributed by atoms with Crippen molar-refractivity contribution in [2.45, 2.75) is 13.0 Å². The van der Waals surface area contributed by atoms with Gasteiger partial charge >= 0.3 is 0 Å². The number of ketones is 1. The van der Waals surface area contributed by atoms with Gasteiger partial charge in [0, 0.05) is 0 Å². The van der Waals surface area contributed by atoms with Gasteiger partial charge in [-0.25, -0.2) is 0 Å². The third-order valence-corrected chi connectivity index (χ3v) is 2.24. The van der Waals surface area contributed by atoms with Crippen molar-refractivity contribution < 1.29 is 15.0 Å². The third-order valence-electron chi connectivity index (χ3n) is 2.24. The normalized spacial score (nSPS) is 14.8. The number of carbonyl (C=O) groups is 1. The van der Waals surface area contributed by atoms with Gasteiger partial charge in [-0.15, -0.1) is 0 Å². The zero-order valence-electron chi connectivity index (χ0n) is 8.05. The molecule has 2 N–H and O–H groups in total. The smallest absolute Gasteiger partial charge is 0.138 e. The lowest BCUT2D eigenvalue weighted by Crippen LogP contribution is -2.23. The van der Waals surface area contributed by atoms with Gasteiger partial charge in [-0.1, -0.05) is 30.3 Å². The van der Waals surface area contributed by atoms with E-state index in [9.17, 15) is 9.90 Å². The molecule has 0 fully saturated rings. The van der Waals surface area contributed by atoms with E-state index < -0.39 is 12.0 Å². The second kappa shape index (κ2) is 4.88. The number of carbonyl (C=O) groups excluding carboxylic acids is 1. The number of aliphatic hydroxyl groups is 2. The van der Waals surface area contributed by atoms with Crippen molar-refractivity contribution in [1.82, 2.24) is 0 Å². The molecule has 3 heteroatoms. The van der Waals surface area contributed by atoms with Crippen molar-refractivity contribution >= 4 is 5.78 Å². The van der Waals surface area contributed by atoms with Gasteiger partial charge in [0.05, 0.1) is 18.6 Å². The highest BCUT2D eigenvalue weighted by molar-refractivity contribution is 5.79. The lowest BCUT2D eigenvalue weighted by molar-refractivity contribution is -0.126. The van der Waals surface area contributed by atoms with Crippen molar-refractivity contribution in [2.75, 3.05) is 6.61 Å². The number of hydrogen-bond donors (Lipinski definition) is 2. The van der Waals surface area contributed by atoms with Crippen LogP contribution in [-0.2, 0) is 4.79 Å². The molecule has 0 aromatic heterocycles. The van der Waals surface area contributed by atoms with Gasteiger partial charge in [-0.05, 0) is 12.5 Å². The number of benzene rings is 1. The molecule has 0 spiro atoms. The molecule has 0 heterocycles. The molecular weight excluding hydrogens is 180 g/mol. The minimum atomic E-state index is -0.918. The predicted molar refractivity (Wildman–Crippen MR) is 52.7 cm³/mol. The summed E-state index contributed by atoms with van der Waals surface area (Å²) in [5.41, 5.74) is 0.654. The quantitative estimate of drug-likeness (QED) is 0.749. The van der Waals surface area contributed by atoms with Gasteiger partial charge in [0.25, 0.3) is 0 Å². The summed E-state index contributed by atoms with van der Waals surface area (Å²) < 4.78 is 0. The van der Waals surface area contributed by atoms with Crippen LogP contribution in [0.5, 0.6) is 0 Å². The molecule has 1 aromatic carbocycles. The van der Waals surface area contributed by atoms with E-state index in [0.29, 0.717) is 5.56 Å². The number of rotatable bonds is 4. The molecule has 0 aliphatic carbocycles. The topological polar surface area (TPSA) is 57.5 Å². The third kappa shape index (κ3) is 2.40. The highest BCUT2D eigenvalue weighted by atomic mass is 16.3. The predicted octanol–water partition coefficient (Wildman–Crippen LogP) is 0.917. The molecule has 0 saturated heterocycles. The fraction of sp³-hybridized carbons (Fsp3) is 0.364. The lowest BCUT2D eigenvalue weighted by Gasteiger charge is -2.18. The first-order valence-corrected chi connectivity index (χ1v) is 4.51. The molecule has 2 unspecified atom stereocenters. The summed E-state index contributed by atoms with van der Waals surface area (Å²) in [4.78, 5) is 11.1. The van der Waals surface area contributed by atoms with Crippen LogP contribution in [0, 0.1) is 5.92 Å². The minimum absolute atomic E-state index is 0.205. The van der Waals surface area contributed by atoms with E-state index >= 15 is 0 Å². The summed E-state index contributed by atoms with van der Waals surface area (Å²) in [6, 6.07) is 8.87. The molecule has 0 aliphatic rings. The second-order valence-corrected chi connectivity index (χ2v) is 3.26. The monoisotopic (exact) mass is 194 g/mol. The van der Waals surface area contributed by atoms with E-state index in [1.54, 1.807) is 24.3 Å². The summed E-state index contributed by atoms with van der Waals surface area (Å²) in [5.74, 6) is -0.929. The highest BCUT2D eigenvalue weighted by Crippen LogP contribution is 2.21. The lowest BCUT2D eigenvalue weighted by atomic mass is 9.93. The molecular formula is C11H14O3. The molecule has 1 rings (SSSR count). The van der Waals surface area contributed by atoms with Crippen LogP contribution in [0.25, 0.3) is 0 Å². The Morgan fingerprint density at radius 2 is 1.93 bits per heavy atom. The molecule has 0 bridgehead atoms. The standard InChI is InChI=1S/C11H14O3/c1-8(13)10(7-12)11(14)9-5-3-2-4-6-9/h2-6,10-12,14H,7H2,1H3. The number of Topliss-reactive ketones (excluding diaryl/α,β-unsaturated/α-hetero) is 1. The second-order valence-electron chi connectivity index (χ2n) is 3.26. The Balaban J connectivity index is 2.83. The minimum Gasteiger partial charge on any atom is -0.396 e. The average Bonchev–Trinajstić information content (AvgIpc) is 2.19. The van der Waals surface area contributed by atoms with Crippen molar-refractivity contribution in [3.8, 4) is 0 Å². The maximum atomic E-state index is 11.1. The number of aliphatic hydroxyl groups excluding tert-OH is 2. The summed E-state index contributed by atoms with van der Waals surface area (Å²) in [5, 5.41) is 18.7. The van der Waals surface area contributed by atoms with Gasteiger partial charge < -0.3 is 10.2 Å². The Morgan fingerprint density at radius 1 is 1.36 bits per heavy atom. The van der Waals surface area contributed by atoms with Crippen LogP contribution < -0.4 is 0 Å². The first kappa shape index (κ1) is 10.9. The van der Waals surface area contributed by atoms with Crippen LogP contribution in [0.3, 0.4) is 0 Å². The van der Waals surface area contributed by atoms with E-state index in [0.717, 1.165) is 0 Å². The zero-order valence-corrected chi connectivity index (χ0v) is 8.05. The van der Waals surface area contributed by atoms with Crippen molar-refractivity contribution in [2.24, 2.45) is 5.92 Å². The maximum Gasteiger partial charge on any atom is 0.138 e. The summed E-state index contributed by atoms with van der Waals surface area (Å²) in [7, 11) is 0. The SMILES string of the molecule is CC(=O)C(CO)C(O)c1ccccc1. The zero-order chi connectivity index (χ0) is 10.6. The molecule has 0 saturated carbocycles. The van der Waals surface area contributed by atoms with Gasteiger partial charge in [-0.2, -0.15) is 0 Å². The van der Waals surface area contributed by atoms with Gasteiger partial charge in [0.1, 0.15) is 5.78 Å². The Morgan fingerprint density at radius 3 is 2.36 bits per heavy atom. The van der Waals surface area contributed by atoms with Crippen LogP contribution in [-0.4, -0.2) is 22.6 Å². The summed E-state index contributed by atoms with van der Waals surface area (Å²) in [6.07, 6.45) is -0.918. The number of hydrogen-bond acceptors (Lipinski definition) is 3. The molecule has 2 atom stereocenters.